The Hall–Kier alpha value is -0.460. The van der Waals surface area contributed by atoms with E-state index in [1.165, 1.54) is 17.9 Å². The predicted molar refractivity (Wildman–Crippen MR) is 95.1 cm³/mol. The maximum Gasteiger partial charge on any atom is 0.410 e. The summed E-state index contributed by atoms with van der Waals surface area (Å²) in [6.07, 6.45) is 3.23. The smallest absolute Gasteiger partial charge is 0.410 e. The number of piperidine rings is 1. The van der Waals surface area contributed by atoms with Gasteiger partial charge in [0, 0.05) is 19.6 Å². The molecule has 2 heterocycles. The van der Waals surface area contributed by atoms with Crippen LogP contribution in [-0.2, 0) is 9.47 Å². The molecule has 1 N–H and O–H groups in total. The van der Waals surface area contributed by atoms with Gasteiger partial charge in [-0.15, -0.1) is 0 Å². The van der Waals surface area contributed by atoms with Crippen LogP contribution in [0.5, 0.6) is 0 Å². The minimum Gasteiger partial charge on any atom is -0.444 e. The molecule has 0 aromatic rings. The summed E-state index contributed by atoms with van der Waals surface area (Å²) in [6.45, 7) is 9.96. The zero-order valence-corrected chi connectivity index (χ0v) is 15.6. The lowest BCUT2D eigenvalue weighted by molar-refractivity contribution is -0.0105. The topological polar surface area (TPSA) is 50.8 Å². The minimum atomic E-state index is -0.423. The Balaban J connectivity index is 1.51. The van der Waals surface area contributed by atoms with E-state index in [-0.39, 0.29) is 12.2 Å². The molecule has 0 radical (unpaired) electrons. The fourth-order valence-electron chi connectivity index (χ4n) is 2.88. The second-order valence-corrected chi connectivity index (χ2v) is 8.62. The summed E-state index contributed by atoms with van der Waals surface area (Å²) >= 11 is 2.06. The lowest BCUT2D eigenvalue weighted by Crippen LogP contribution is -2.43. The lowest BCUT2D eigenvalue weighted by atomic mass is 10.1. The SMILES string of the molecule is CC(C)(C)OC(=O)N1CCC(OCCNCC2CCSC2)CC1. The van der Waals surface area contributed by atoms with Gasteiger partial charge in [0.25, 0.3) is 0 Å². The van der Waals surface area contributed by atoms with Crippen LogP contribution >= 0.6 is 11.8 Å². The summed E-state index contributed by atoms with van der Waals surface area (Å²) < 4.78 is 11.3. The van der Waals surface area contributed by atoms with Gasteiger partial charge >= 0.3 is 6.09 Å². The van der Waals surface area contributed by atoms with E-state index in [4.69, 9.17) is 9.47 Å². The van der Waals surface area contributed by atoms with Gasteiger partial charge < -0.3 is 19.7 Å². The van der Waals surface area contributed by atoms with Gasteiger partial charge in [0.2, 0.25) is 0 Å². The van der Waals surface area contributed by atoms with Crippen LogP contribution < -0.4 is 5.32 Å². The highest BCUT2D eigenvalue weighted by molar-refractivity contribution is 7.99. The van der Waals surface area contributed by atoms with Crippen molar-refractivity contribution in [2.45, 2.75) is 51.7 Å². The minimum absolute atomic E-state index is 0.202. The van der Waals surface area contributed by atoms with E-state index in [9.17, 15) is 4.79 Å². The normalized spacial score (nSPS) is 23.3. The van der Waals surface area contributed by atoms with Crippen LogP contribution in [0.2, 0.25) is 0 Å². The van der Waals surface area contributed by atoms with Crippen molar-refractivity contribution in [3.8, 4) is 0 Å². The van der Waals surface area contributed by atoms with Crippen molar-refractivity contribution >= 4 is 17.9 Å². The van der Waals surface area contributed by atoms with Crippen LogP contribution in [0.25, 0.3) is 0 Å². The van der Waals surface area contributed by atoms with Crippen LogP contribution in [0.1, 0.15) is 40.0 Å². The number of hydrogen-bond donors (Lipinski definition) is 1. The van der Waals surface area contributed by atoms with Crippen molar-refractivity contribution in [1.82, 2.24) is 10.2 Å². The zero-order chi connectivity index (χ0) is 16.7. The third-order valence-electron chi connectivity index (χ3n) is 4.18. The van der Waals surface area contributed by atoms with E-state index in [1.54, 1.807) is 4.90 Å². The first kappa shape index (κ1) is 18.9. The fraction of sp³-hybridized carbons (Fsp3) is 0.941. The first-order valence-corrected chi connectivity index (χ1v) is 9.97. The number of hydrogen-bond acceptors (Lipinski definition) is 5. The molecule has 5 nitrogen and oxygen atoms in total. The molecule has 1 amide bonds. The molecule has 2 rings (SSSR count). The summed E-state index contributed by atoms with van der Waals surface area (Å²) in [7, 11) is 0. The number of carbonyl (C=O) groups is 1. The van der Waals surface area contributed by atoms with Crippen molar-refractivity contribution in [3.63, 3.8) is 0 Å². The maximum atomic E-state index is 12.0. The molecule has 0 aliphatic carbocycles. The van der Waals surface area contributed by atoms with Gasteiger partial charge in [-0.2, -0.15) is 11.8 Å². The van der Waals surface area contributed by atoms with E-state index >= 15 is 0 Å². The van der Waals surface area contributed by atoms with Gasteiger partial charge in [-0.1, -0.05) is 0 Å². The number of nitrogens with one attached hydrogen (secondary N) is 1. The van der Waals surface area contributed by atoms with Gasteiger partial charge in [-0.05, 0) is 64.0 Å². The molecule has 2 saturated heterocycles. The largest absolute Gasteiger partial charge is 0.444 e. The molecule has 0 bridgehead atoms. The Labute approximate surface area is 144 Å². The number of rotatable bonds is 6. The fourth-order valence-corrected chi connectivity index (χ4v) is 4.16. The van der Waals surface area contributed by atoms with Gasteiger partial charge in [0.1, 0.15) is 5.60 Å². The van der Waals surface area contributed by atoms with E-state index < -0.39 is 5.60 Å². The number of thioether (sulfide) groups is 1. The summed E-state index contributed by atoms with van der Waals surface area (Å²) in [5.41, 5.74) is -0.423. The van der Waals surface area contributed by atoms with E-state index in [1.807, 2.05) is 20.8 Å². The molecule has 0 aromatic heterocycles. The van der Waals surface area contributed by atoms with Crippen molar-refractivity contribution in [1.29, 1.82) is 0 Å². The highest BCUT2D eigenvalue weighted by Gasteiger charge is 2.27. The zero-order valence-electron chi connectivity index (χ0n) is 14.8. The van der Waals surface area contributed by atoms with Crippen LogP contribution in [-0.4, -0.2) is 67.0 Å². The second kappa shape index (κ2) is 9.14. The van der Waals surface area contributed by atoms with Crippen LogP contribution in [0.15, 0.2) is 0 Å². The molecule has 0 saturated carbocycles. The Bertz CT molecular complexity index is 359. The van der Waals surface area contributed by atoms with E-state index in [2.05, 4.69) is 17.1 Å². The monoisotopic (exact) mass is 344 g/mol. The predicted octanol–water partition coefficient (Wildman–Crippen LogP) is 2.75. The van der Waals surface area contributed by atoms with E-state index in [0.29, 0.717) is 0 Å². The average molecular weight is 345 g/mol. The maximum absolute atomic E-state index is 12.0. The van der Waals surface area contributed by atoms with E-state index in [0.717, 1.165) is 51.5 Å². The molecular formula is C17H32N2O3S. The molecule has 23 heavy (non-hydrogen) atoms. The van der Waals surface area contributed by atoms with Crippen LogP contribution in [0.3, 0.4) is 0 Å². The summed E-state index contributed by atoms with van der Waals surface area (Å²) in [5, 5.41) is 3.50. The first-order chi connectivity index (χ1) is 10.9. The van der Waals surface area contributed by atoms with Gasteiger partial charge in [-0.25, -0.2) is 4.79 Å². The number of carbonyl (C=O) groups excluding carboxylic acids is 1. The molecular weight excluding hydrogens is 312 g/mol. The van der Waals surface area contributed by atoms with Gasteiger partial charge in [-0.3, -0.25) is 0 Å². The van der Waals surface area contributed by atoms with Gasteiger partial charge in [0.15, 0.2) is 0 Å². The van der Waals surface area contributed by atoms with Crippen molar-refractivity contribution in [2.75, 3.05) is 44.3 Å². The number of amides is 1. The first-order valence-electron chi connectivity index (χ1n) is 8.82. The quantitative estimate of drug-likeness (QED) is 0.751. The molecule has 0 spiro atoms. The molecule has 1 atom stereocenters. The Morgan fingerprint density at radius 1 is 1.26 bits per heavy atom. The molecule has 134 valence electrons. The molecule has 2 aliphatic heterocycles. The average Bonchev–Trinajstić information content (AvgIpc) is 2.99. The van der Waals surface area contributed by atoms with Crippen LogP contribution in [0, 0.1) is 5.92 Å². The highest BCUT2D eigenvalue weighted by atomic mass is 32.2. The van der Waals surface area contributed by atoms with Crippen molar-refractivity contribution in [2.24, 2.45) is 5.92 Å². The second-order valence-electron chi connectivity index (χ2n) is 7.47. The van der Waals surface area contributed by atoms with Crippen molar-refractivity contribution in [3.05, 3.63) is 0 Å². The number of nitrogens with zero attached hydrogens (tertiary/aromatic N) is 1. The number of ether oxygens (including phenoxy) is 2. The summed E-state index contributed by atoms with van der Waals surface area (Å²) in [6, 6.07) is 0. The lowest BCUT2D eigenvalue weighted by Gasteiger charge is -2.33. The Kier molecular flexibility index (Phi) is 7.50. The Morgan fingerprint density at radius 2 is 2.00 bits per heavy atom. The number of likely N-dealkylation sites (tertiary alicyclic amines) is 1. The van der Waals surface area contributed by atoms with Gasteiger partial charge in [0.05, 0.1) is 12.7 Å². The van der Waals surface area contributed by atoms with Crippen LogP contribution in [0.4, 0.5) is 4.79 Å². The third kappa shape index (κ3) is 7.31. The highest BCUT2D eigenvalue weighted by Crippen LogP contribution is 2.22. The van der Waals surface area contributed by atoms with Crippen molar-refractivity contribution < 1.29 is 14.3 Å². The molecule has 1 unspecified atom stereocenters. The molecule has 2 aliphatic rings. The summed E-state index contributed by atoms with van der Waals surface area (Å²) in [4.78, 5) is 13.8. The summed E-state index contributed by atoms with van der Waals surface area (Å²) in [5.74, 6) is 3.47. The molecule has 6 heteroatoms. The third-order valence-corrected chi connectivity index (χ3v) is 5.41. The molecule has 2 fully saturated rings. The molecule has 0 aromatic carbocycles. The standard InChI is InChI=1S/C17H32N2O3S/c1-17(2,3)22-16(20)19-8-4-15(5-9-19)21-10-7-18-12-14-6-11-23-13-14/h14-15,18H,4-13H2,1-3H3. The Morgan fingerprint density at radius 3 is 2.61 bits per heavy atom.